The van der Waals surface area contributed by atoms with Gasteiger partial charge in [0.1, 0.15) is 5.75 Å². The minimum atomic E-state index is -0.910. The van der Waals surface area contributed by atoms with Gasteiger partial charge in [-0.1, -0.05) is 29.8 Å². The summed E-state index contributed by atoms with van der Waals surface area (Å²) in [4.78, 5) is 11.3. The molecule has 0 aliphatic carbocycles. The standard InChI is InChI=1S/C16H16O3/c1-3-19-13-7-5-12(6-8-13)14-9-4-11(2)10-15(14)16(17)18/h4-10H,3H2,1-2H3,(H,17,18). The van der Waals surface area contributed by atoms with Crippen LogP contribution >= 0.6 is 0 Å². The Morgan fingerprint density at radius 2 is 1.84 bits per heavy atom. The maximum Gasteiger partial charge on any atom is 0.336 e. The van der Waals surface area contributed by atoms with E-state index in [9.17, 15) is 9.90 Å². The molecular weight excluding hydrogens is 240 g/mol. The normalized spacial score (nSPS) is 10.2. The minimum absolute atomic E-state index is 0.323. The smallest absolute Gasteiger partial charge is 0.336 e. The highest BCUT2D eigenvalue weighted by atomic mass is 16.5. The third-order valence-electron chi connectivity index (χ3n) is 2.88. The van der Waals surface area contributed by atoms with Crippen molar-refractivity contribution in [2.75, 3.05) is 6.61 Å². The third kappa shape index (κ3) is 2.94. The molecule has 0 saturated heterocycles. The van der Waals surface area contributed by atoms with E-state index in [1.807, 2.05) is 50.2 Å². The zero-order chi connectivity index (χ0) is 13.8. The lowest BCUT2D eigenvalue weighted by Crippen LogP contribution is -2.00. The van der Waals surface area contributed by atoms with Crippen molar-refractivity contribution in [1.82, 2.24) is 0 Å². The fraction of sp³-hybridized carbons (Fsp3) is 0.188. The average molecular weight is 256 g/mol. The predicted molar refractivity (Wildman–Crippen MR) is 74.7 cm³/mol. The Labute approximate surface area is 112 Å². The Kier molecular flexibility index (Phi) is 3.85. The topological polar surface area (TPSA) is 46.5 Å². The zero-order valence-electron chi connectivity index (χ0n) is 11.0. The second kappa shape index (κ2) is 5.57. The van der Waals surface area contributed by atoms with Crippen molar-refractivity contribution in [3.63, 3.8) is 0 Å². The lowest BCUT2D eigenvalue weighted by molar-refractivity contribution is 0.0697. The highest BCUT2D eigenvalue weighted by Crippen LogP contribution is 2.26. The van der Waals surface area contributed by atoms with Gasteiger partial charge in [0, 0.05) is 0 Å². The monoisotopic (exact) mass is 256 g/mol. The first-order chi connectivity index (χ1) is 9.11. The Morgan fingerprint density at radius 3 is 2.42 bits per heavy atom. The van der Waals surface area contributed by atoms with Gasteiger partial charge in [-0.05, 0) is 43.2 Å². The molecule has 0 heterocycles. The lowest BCUT2D eigenvalue weighted by atomic mass is 9.98. The predicted octanol–water partition coefficient (Wildman–Crippen LogP) is 3.76. The van der Waals surface area contributed by atoms with Crippen LogP contribution < -0.4 is 4.74 Å². The number of carbonyl (C=O) groups is 1. The molecule has 0 aliphatic rings. The van der Waals surface area contributed by atoms with E-state index < -0.39 is 5.97 Å². The number of carboxylic acid groups (broad SMARTS) is 1. The van der Waals surface area contributed by atoms with Gasteiger partial charge in [0.2, 0.25) is 0 Å². The van der Waals surface area contributed by atoms with Crippen molar-refractivity contribution in [2.45, 2.75) is 13.8 Å². The molecule has 98 valence electrons. The van der Waals surface area contributed by atoms with Crippen LogP contribution in [0, 0.1) is 6.92 Å². The quantitative estimate of drug-likeness (QED) is 0.906. The molecule has 0 spiro atoms. The molecule has 0 radical (unpaired) electrons. The van der Waals surface area contributed by atoms with Gasteiger partial charge in [0.25, 0.3) is 0 Å². The number of benzene rings is 2. The summed E-state index contributed by atoms with van der Waals surface area (Å²) in [6.45, 7) is 4.43. The van der Waals surface area contributed by atoms with E-state index in [0.717, 1.165) is 22.4 Å². The summed E-state index contributed by atoms with van der Waals surface area (Å²) >= 11 is 0. The molecule has 0 saturated carbocycles. The summed E-state index contributed by atoms with van der Waals surface area (Å²) in [6.07, 6.45) is 0. The maximum atomic E-state index is 11.3. The third-order valence-corrected chi connectivity index (χ3v) is 2.88. The summed E-state index contributed by atoms with van der Waals surface area (Å²) in [5, 5.41) is 9.27. The van der Waals surface area contributed by atoms with Crippen LogP contribution in [-0.2, 0) is 0 Å². The first kappa shape index (κ1) is 13.1. The largest absolute Gasteiger partial charge is 0.494 e. The van der Waals surface area contributed by atoms with Gasteiger partial charge in [-0.15, -0.1) is 0 Å². The van der Waals surface area contributed by atoms with Crippen molar-refractivity contribution in [3.8, 4) is 16.9 Å². The van der Waals surface area contributed by atoms with E-state index >= 15 is 0 Å². The molecule has 0 aromatic heterocycles. The molecule has 19 heavy (non-hydrogen) atoms. The average Bonchev–Trinajstić information content (AvgIpc) is 2.40. The van der Waals surface area contributed by atoms with Crippen LogP contribution in [0.15, 0.2) is 42.5 Å². The zero-order valence-corrected chi connectivity index (χ0v) is 11.0. The number of rotatable bonds is 4. The first-order valence-corrected chi connectivity index (χ1v) is 6.19. The van der Waals surface area contributed by atoms with E-state index in [0.29, 0.717) is 12.2 Å². The molecule has 2 aromatic rings. The van der Waals surface area contributed by atoms with Crippen LogP contribution in [0.5, 0.6) is 5.75 Å². The fourth-order valence-electron chi connectivity index (χ4n) is 1.98. The van der Waals surface area contributed by atoms with Crippen LogP contribution in [0.2, 0.25) is 0 Å². The molecule has 0 unspecified atom stereocenters. The molecule has 1 N–H and O–H groups in total. The summed E-state index contributed by atoms with van der Waals surface area (Å²) in [6, 6.07) is 12.9. The molecule has 0 fully saturated rings. The highest BCUT2D eigenvalue weighted by Gasteiger charge is 2.11. The fourth-order valence-corrected chi connectivity index (χ4v) is 1.98. The number of aryl methyl sites for hydroxylation is 1. The van der Waals surface area contributed by atoms with Crippen molar-refractivity contribution in [3.05, 3.63) is 53.6 Å². The Morgan fingerprint density at radius 1 is 1.16 bits per heavy atom. The van der Waals surface area contributed by atoms with Crippen LogP contribution in [0.1, 0.15) is 22.8 Å². The Hall–Kier alpha value is -2.29. The molecular formula is C16H16O3. The second-order valence-electron chi connectivity index (χ2n) is 4.31. The lowest BCUT2D eigenvalue weighted by Gasteiger charge is -2.09. The van der Waals surface area contributed by atoms with E-state index in [1.54, 1.807) is 6.07 Å². The van der Waals surface area contributed by atoms with Crippen LogP contribution in [0.3, 0.4) is 0 Å². The number of hydrogen-bond donors (Lipinski definition) is 1. The van der Waals surface area contributed by atoms with Gasteiger partial charge >= 0.3 is 5.97 Å². The van der Waals surface area contributed by atoms with Crippen molar-refractivity contribution >= 4 is 5.97 Å². The Balaban J connectivity index is 2.43. The molecule has 3 heteroatoms. The van der Waals surface area contributed by atoms with Crippen molar-refractivity contribution in [2.24, 2.45) is 0 Å². The van der Waals surface area contributed by atoms with E-state index in [-0.39, 0.29) is 0 Å². The molecule has 0 bridgehead atoms. The van der Waals surface area contributed by atoms with Gasteiger partial charge in [0.15, 0.2) is 0 Å². The number of ether oxygens (including phenoxy) is 1. The number of aromatic carboxylic acids is 1. The molecule has 0 aliphatic heterocycles. The minimum Gasteiger partial charge on any atom is -0.494 e. The number of carboxylic acids is 1. The summed E-state index contributed by atoms with van der Waals surface area (Å²) in [7, 11) is 0. The number of hydrogen-bond acceptors (Lipinski definition) is 2. The van der Waals surface area contributed by atoms with Gasteiger partial charge in [0.05, 0.1) is 12.2 Å². The Bertz CT molecular complexity index is 585. The van der Waals surface area contributed by atoms with Crippen LogP contribution in [0.4, 0.5) is 0 Å². The van der Waals surface area contributed by atoms with E-state index in [2.05, 4.69) is 0 Å². The molecule has 0 amide bonds. The van der Waals surface area contributed by atoms with Crippen LogP contribution in [0.25, 0.3) is 11.1 Å². The summed E-state index contributed by atoms with van der Waals surface area (Å²) in [5.74, 6) is -0.122. The van der Waals surface area contributed by atoms with E-state index in [1.165, 1.54) is 0 Å². The van der Waals surface area contributed by atoms with Gasteiger partial charge in [-0.3, -0.25) is 0 Å². The van der Waals surface area contributed by atoms with Gasteiger partial charge in [-0.25, -0.2) is 4.79 Å². The molecule has 2 rings (SSSR count). The molecule has 3 nitrogen and oxygen atoms in total. The summed E-state index contributed by atoms with van der Waals surface area (Å²) in [5.41, 5.74) is 2.86. The first-order valence-electron chi connectivity index (χ1n) is 6.19. The maximum absolute atomic E-state index is 11.3. The van der Waals surface area contributed by atoms with Gasteiger partial charge < -0.3 is 9.84 Å². The molecule has 0 atom stereocenters. The van der Waals surface area contributed by atoms with Gasteiger partial charge in [-0.2, -0.15) is 0 Å². The van der Waals surface area contributed by atoms with Crippen molar-refractivity contribution < 1.29 is 14.6 Å². The molecule has 2 aromatic carbocycles. The summed E-state index contributed by atoms with van der Waals surface area (Å²) < 4.78 is 5.38. The highest BCUT2D eigenvalue weighted by molar-refractivity contribution is 5.96. The van der Waals surface area contributed by atoms with Crippen LogP contribution in [-0.4, -0.2) is 17.7 Å². The van der Waals surface area contributed by atoms with E-state index in [4.69, 9.17) is 4.74 Å². The SMILES string of the molecule is CCOc1ccc(-c2ccc(C)cc2C(=O)O)cc1. The second-order valence-corrected chi connectivity index (χ2v) is 4.31. The van der Waals surface area contributed by atoms with Crippen molar-refractivity contribution in [1.29, 1.82) is 0 Å².